The van der Waals surface area contributed by atoms with Gasteiger partial charge in [0.1, 0.15) is 11.9 Å². The van der Waals surface area contributed by atoms with Gasteiger partial charge >= 0.3 is 0 Å². The number of imidazole rings is 1. The summed E-state index contributed by atoms with van der Waals surface area (Å²) in [7, 11) is 0. The lowest BCUT2D eigenvalue weighted by molar-refractivity contribution is -0.120. The van der Waals surface area contributed by atoms with Gasteiger partial charge in [-0.15, -0.1) is 0 Å². The number of carbonyl (C=O) groups is 1. The molecule has 0 fully saturated rings. The number of benzene rings is 2. The van der Waals surface area contributed by atoms with E-state index in [1.807, 2.05) is 49.5 Å². The Morgan fingerprint density at radius 3 is 2.43 bits per heavy atom. The van der Waals surface area contributed by atoms with E-state index in [1.165, 1.54) is 5.56 Å². The Bertz CT molecular complexity index is 1480. The molecule has 2 aromatic carbocycles. The molecule has 0 N–H and O–H groups in total. The average molecular weight is 457 g/mol. The number of aromatic nitrogens is 3. The number of nitrogens with zero attached hydrogens (tertiary/aromatic N) is 4. The zero-order valence-electron chi connectivity index (χ0n) is 19.4. The van der Waals surface area contributed by atoms with Crippen LogP contribution in [0.3, 0.4) is 0 Å². The maximum Gasteiger partial charge on any atom is 0.176 e. The fourth-order valence-corrected chi connectivity index (χ4v) is 5.62. The highest BCUT2D eigenvalue weighted by molar-refractivity contribution is 6.01. The van der Waals surface area contributed by atoms with E-state index in [2.05, 4.69) is 52.0 Å². The van der Waals surface area contributed by atoms with Gasteiger partial charge in [-0.05, 0) is 42.0 Å². The molecule has 0 bridgehead atoms. The second-order valence-electron chi connectivity index (χ2n) is 9.33. The molecule has 3 unspecified atom stereocenters. The number of rotatable bonds is 3. The zero-order chi connectivity index (χ0) is 23.9. The summed E-state index contributed by atoms with van der Waals surface area (Å²) in [6.07, 6.45) is 7.20. The molecule has 2 aliphatic carbocycles. The molecule has 0 radical (unpaired) electrons. The van der Waals surface area contributed by atoms with Crippen molar-refractivity contribution < 1.29 is 4.79 Å². The number of ketones is 1. The Morgan fingerprint density at radius 2 is 1.71 bits per heavy atom. The molecular weight excluding hydrogens is 432 g/mol. The fourth-order valence-electron chi connectivity index (χ4n) is 5.62. The molecule has 0 saturated carbocycles. The van der Waals surface area contributed by atoms with Crippen LogP contribution in [0.4, 0.5) is 0 Å². The standard InChI is InChI=1S/C30H24N4O/c1-19-25-13-14-27-28(26(25)16-23(17-31)29(19)35)33-30(34(27)24-8-5-15-32-18-24)22-11-9-21(10-12-22)20-6-3-2-4-7-20/h2-12,15-16,18-19,25-26H,13-14H2,1H3. The van der Waals surface area contributed by atoms with E-state index in [1.54, 1.807) is 6.20 Å². The smallest absolute Gasteiger partial charge is 0.176 e. The van der Waals surface area contributed by atoms with Crippen molar-refractivity contribution in [3.05, 3.63) is 102 Å². The zero-order valence-corrected chi connectivity index (χ0v) is 19.4. The van der Waals surface area contributed by atoms with Crippen LogP contribution in [0.25, 0.3) is 28.2 Å². The van der Waals surface area contributed by atoms with Crippen LogP contribution in [0.15, 0.2) is 90.8 Å². The second kappa shape index (κ2) is 8.48. The number of pyridine rings is 1. The van der Waals surface area contributed by atoms with E-state index in [9.17, 15) is 10.1 Å². The summed E-state index contributed by atoms with van der Waals surface area (Å²) in [5, 5.41) is 9.58. The number of carbonyl (C=O) groups excluding carboxylic acids is 1. The lowest BCUT2D eigenvalue weighted by Crippen LogP contribution is -2.34. The van der Waals surface area contributed by atoms with Gasteiger partial charge in [0, 0.05) is 29.3 Å². The highest BCUT2D eigenvalue weighted by atomic mass is 16.1. The summed E-state index contributed by atoms with van der Waals surface area (Å²) in [5.74, 6) is 0.768. The Labute approximate surface area is 204 Å². The summed E-state index contributed by atoms with van der Waals surface area (Å²) >= 11 is 0. The molecule has 3 atom stereocenters. The lowest BCUT2D eigenvalue weighted by Gasteiger charge is -2.36. The number of hydrogen-bond acceptors (Lipinski definition) is 4. The topological polar surface area (TPSA) is 71.6 Å². The molecule has 2 heterocycles. The Hall–Kier alpha value is -4.30. The third-order valence-corrected chi connectivity index (χ3v) is 7.44. The van der Waals surface area contributed by atoms with Gasteiger partial charge < -0.3 is 0 Å². The highest BCUT2D eigenvalue weighted by Gasteiger charge is 2.42. The first-order valence-corrected chi connectivity index (χ1v) is 12.0. The van der Waals surface area contributed by atoms with Crippen molar-refractivity contribution in [3.63, 3.8) is 0 Å². The van der Waals surface area contributed by atoms with E-state index in [-0.39, 0.29) is 29.1 Å². The van der Waals surface area contributed by atoms with Crippen molar-refractivity contribution in [2.45, 2.75) is 25.7 Å². The van der Waals surface area contributed by atoms with E-state index < -0.39 is 0 Å². The van der Waals surface area contributed by atoms with E-state index in [0.29, 0.717) is 0 Å². The van der Waals surface area contributed by atoms with Crippen molar-refractivity contribution in [1.82, 2.24) is 14.5 Å². The number of Topliss-reactive ketones (excluding diaryl/α,β-unsaturated/α-hetero) is 1. The minimum atomic E-state index is -0.176. The molecule has 0 saturated heterocycles. The van der Waals surface area contributed by atoms with E-state index in [4.69, 9.17) is 4.98 Å². The first-order valence-electron chi connectivity index (χ1n) is 12.0. The average Bonchev–Trinajstić information content (AvgIpc) is 3.32. The Morgan fingerprint density at radius 1 is 0.971 bits per heavy atom. The number of allylic oxidation sites excluding steroid dienone is 2. The first kappa shape index (κ1) is 21.2. The number of nitriles is 1. The van der Waals surface area contributed by atoms with Gasteiger partial charge in [-0.1, -0.05) is 67.6 Å². The van der Waals surface area contributed by atoms with Crippen molar-refractivity contribution in [2.24, 2.45) is 11.8 Å². The van der Waals surface area contributed by atoms with Crippen molar-refractivity contribution in [2.75, 3.05) is 0 Å². The third kappa shape index (κ3) is 3.50. The molecule has 4 aromatic rings. The molecule has 0 amide bonds. The van der Waals surface area contributed by atoms with Crippen LogP contribution >= 0.6 is 0 Å². The van der Waals surface area contributed by atoms with Crippen molar-refractivity contribution in [3.8, 4) is 34.3 Å². The van der Waals surface area contributed by atoms with E-state index in [0.717, 1.165) is 46.9 Å². The molecule has 6 rings (SSSR count). The third-order valence-electron chi connectivity index (χ3n) is 7.44. The van der Waals surface area contributed by atoms with Gasteiger partial charge in [-0.25, -0.2) is 4.98 Å². The summed E-state index contributed by atoms with van der Waals surface area (Å²) in [6, 6.07) is 24.9. The highest BCUT2D eigenvalue weighted by Crippen LogP contribution is 2.46. The minimum Gasteiger partial charge on any atom is -0.295 e. The van der Waals surface area contributed by atoms with Gasteiger partial charge in [-0.2, -0.15) is 5.26 Å². The Kier molecular flexibility index (Phi) is 5.15. The first-order chi connectivity index (χ1) is 17.2. The molecule has 35 heavy (non-hydrogen) atoms. The van der Waals surface area contributed by atoms with Crippen LogP contribution < -0.4 is 0 Å². The van der Waals surface area contributed by atoms with Gasteiger partial charge in [0.25, 0.3) is 0 Å². The summed E-state index contributed by atoms with van der Waals surface area (Å²) in [4.78, 5) is 22.2. The largest absolute Gasteiger partial charge is 0.295 e. The van der Waals surface area contributed by atoms with Crippen LogP contribution in [0.1, 0.15) is 30.7 Å². The second-order valence-corrected chi connectivity index (χ2v) is 9.33. The molecule has 5 heteroatoms. The predicted molar refractivity (Wildman–Crippen MR) is 135 cm³/mol. The maximum atomic E-state index is 12.7. The summed E-state index contributed by atoms with van der Waals surface area (Å²) in [6.45, 7) is 1.96. The molecular formula is C30H24N4O. The molecule has 2 aromatic heterocycles. The molecule has 2 aliphatic rings. The van der Waals surface area contributed by atoms with Gasteiger partial charge in [0.15, 0.2) is 5.78 Å². The van der Waals surface area contributed by atoms with Gasteiger partial charge in [0.05, 0.1) is 23.2 Å². The normalized spacial score (nSPS) is 21.0. The summed E-state index contributed by atoms with van der Waals surface area (Å²) in [5.41, 5.74) is 6.67. The molecule has 0 aliphatic heterocycles. The SMILES string of the molecule is CC1C(=O)C(C#N)=CC2c3nc(-c4ccc(-c5ccccc5)cc4)n(-c4cccnc4)c3CCC12. The quantitative estimate of drug-likeness (QED) is 0.384. The van der Waals surface area contributed by atoms with Crippen LogP contribution in [0, 0.1) is 23.2 Å². The van der Waals surface area contributed by atoms with Crippen LogP contribution in [-0.4, -0.2) is 20.3 Å². The molecule has 5 nitrogen and oxygen atoms in total. The number of fused-ring (bicyclic) bond motifs is 3. The maximum absolute atomic E-state index is 12.7. The minimum absolute atomic E-state index is 0.0404. The molecule has 0 spiro atoms. The Balaban J connectivity index is 1.51. The van der Waals surface area contributed by atoms with E-state index >= 15 is 0 Å². The van der Waals surface area contributed by atoms with Crippen LogP contribution in [0.5, 0.6) is 0 Å². The van der Waals surface area contributed by atoms with Gasteiger partial charge in [-0.3, -0.25) is 14.3 Å². The van der Waals surface area contributed by atoms with Gasteiger partial charge in [0.2, 0.25) is 0 Å². The van der Waals surface area contributed by atoms with Crippen LogP contribution in [-0.2, 0) is 11.2 Å². The lowest BCUT2D eigenvalue weighted by atomic mass is 9.67. The van der Waals surface area contributed by atoms with Crippen molar-refractivity contribution >= 4 is 5.78 Å². The van der Waals surface area contributed by atoms with Crippen LogP contribution in [0.2, 0.25) is 0 Å². The predicted octanol–water partition coefficient (Wildman–Crippen LogP) is 5.92. The fraction of sp³-hybridized carbons (Fsp3) is 0.200. The van der Waals surface area contributed by atoms with Crippen molar-refractivity contribution in [1.29, 1.82) is 5.26 Å². The monoisotopic (exact) mass is 456 g/mol. The summed E-state index contributed by atoms with van der Waals surface area (Å²) < 4.78 is 2.21. The molecule has 170 valence electrons. The number of hydrogen-bond donors (Lipinski definition) is 0.